The van der Waals surface area contributed by atoms with Gasteiger partial charge in [0.2, 0.25) is 0 Å². The zero-order chi connectivity index (χ0) is 22.7. The van der Waals surface area contributed by atoms with E-state index in [4.69, 9.17) is 9.47 Å². The number of piperazine rings is 1. The number of amides is 1. The van der Waals surface area contributed by atoms with Crippen LogP contribution in [0.4, 0.5) is 18.0 Å². The van der Waals surface area contributed by atoms with Crippen molar-refractivity contribution in [3.05, 3.63) is 35.4 Å². The van der Waals surface area contributed by atoms with Crippen molar-refractivity contribution in [1.82, 2.24) is 9.80 Å². The Labute approximate surface area is 177 Å². The van der Waals surface area contributed by atoms with Gasteiger partial charge in [-0.3, -0.25) is 4.90 Å². The number of benzene rings is 1. The highest BCUT2D eigenvalue weighted by atomic mass is 19.4. The van der Waals surface area contributed by atoms with E-state index >= 15 is 0 Å². The van der Waals surface area contributed by atoms with Gasteiger partial charge in [0.05, 0.1) is 18.2 Å². The average molecular weight is 431 g/mol. The summed E-state index contributed by atoms with van der Waals surface area (Å²) < 4.78 is 49.7. The van der Waals surface area contributed by atoms with Gasteiger partial charge < -0.3 is 14.4 Å². The molecule has 0 N–H and O–H groups in total. The van der Waals surface area contributed by atoms with E-state index in [9.17, 15) is 18.0 Å². The Balaban J connectivity index is 2.24. The number of methoxy groups -OCH3 is 1. The van der Waals surface area contributed by atoms with Crippen molar-refractivity contribution >= 4 is 6.09 Å². The molecule has 1 heterocycles. The van der Waals surface area contributed by atoms with Crippen LogP contribution in [0.1, 0.15) is 58.2 Å². The van der Waals surface area contributed by atoms with Gasteiger partial charge >= 0.3 is 12.3 Å². The minimum absolute atomic E-state index is 0.0735. The quantitative estimate of drug-likeness (QED) is 0.651. The van der Waals surface area contributed by atoms with Crippen LogP contribution in [0.2, 0.25) is 0 Å². The van der Waals surface area contributed by atoms with Crippen molar-refractivity contribution in [2.75, 3.05) is 26.8 Å². The third-order valence-corrected chi connectivity index (χ3v) is 5.28. The summed E-state index contributed by atoms with van der Waals surface area (Å²) >= 11 is 0. The lowest BCUT2D eigenvalue weighted by Crippen LogP contribution is -2.61. The predicted octanol–water partition coefficient (Wildman–Crippen LogP) is 5.11. The number of alkyl halides is 3. The Morgan fingerprint density at radius 1 is 1.17 bits per heavy atom. The molecule has 170 valence electrons. The Morgan fingerprint density at radius 3 is 2.23 bits per heavy atom. The maximum atomic E-state index is 12.9. The fourth-order valence-electron chi connectivity index (χ4n) is 3.92. The second kappa shape index (κ2) is 9.56. The SMILES string of the molecule is CCC(c1ccc(C(F)(F)F)cc1)N1C[C@H](C)N(C(=O)OC(C)(C)C)C[C@H]1COC. The molecule has 0 aromatic heterocycles. The summed E-state index contributed by atoms with van der Waals surface area (Å²) in [6, 6.07) is 5.09. The summed E-state index contributed by atoms with van der Waals surface area (Å²) in [4.78, 5) is 16.6. The van der Waals surface area contributed by atoms with Crippen LogP contribution in [-0.4, -0.2) is 60.4 Å². The summed E-state index contributed by atoms with van der Waals surface area (Å²) in [6.07, 6.45) is -3.99. The monoisotopic (exact) mass is 430 g/mol. The van der Waals surface area contributed by atoms with E-state index in [1.165, 1.54) is 0 Å². The third kappa shape index (κ3) is 6.11. The number of rotatable bonds is 5. The molecule has 3 atom stereocenters. The first-order valence-corrected chi connectivity index (χ1v) is 10.3. The molecule has 2 rings (SSSR count). The molecule has 0 radical (unpaired) electrons. The molecule has 1 fully saturated rings. The molecule has 0 aliphatic carbocycles. The summed E-state index contributed by atoms with van der Waals surface area (Å²) in [7, 11) is 1.60. The second-order valence-electron chi connectivity index (χ2n) is 8.83. The number of halogens is 3. The van der Waals surface area contributed by atoms with E-state index in [1.807, 2.05) is 34.6 Å². The molecule has 0 spiro atoms. The zero-order valence-corrected chi connectivity index (χ0v) is 18.6. The van der Waals surface area contributed by atoms with Gasteiger partial charge in [-0.15, -0.1) is 0 Å². The number of ether oxygens (including phenoxy) is 2. The first-order chi connectivity index (χ1) is 13.9. The van der Waals surface area contributed by atoms with E-state index in [2.05, 4.69) is 4.90 Å². The van der Waals surface area contributed by atoms with E-state index in [1.54, 1.807) is 24.1 Å². The van der Waals surface area contributed by atoms with Crippen LogP contribution in [0.5, 0.6) is 0 Å². The summed E-state index contributed by atoms with van der Waals surface area (Å²) in [5.74, 6) is 0. The second-order valence-corrected chi connectivity index (χ2v) is 8.83. The van der Waals surface area contributed by atoms with Gasteiger partial charge in [-0.1, -0.05) is 19.1 Å². The van der Waals surface area contributed by atoms with Gasteiger partial charge in [0.15, 0.2) is 0 Å². The Morgan fingerprint density at radius 2 is 1.77 bits per heavy atom. The van der Waals surface area contributed by atoms with Crippen molar-refractivity contribution in [2.24, 2.45) is 0 Å². The third-order valence-electron chi connectivity index (χ3n) is 5.28. The number of carbonyl (C=O) groups is 1. The van der Waals surface area contributed by atoms with Crippen LogP contribution in [0.3, 0.4) is 0 Å². The van der Waals surface area contributed by atoms with Crippen LogP contribution in [0, 0.1) is 0 Å². The van der Waals surface area contributed by atoms with Crippen molar-refractivity contribution in [3.8, 4) is 0 Å². The molecule has 1 aliphatic rings. The molecule has 0 saturated carbocycles. The molecule has 1 aromatic carbocycles. The fraction of sp³-hybridized carbons (Fsp3) is 0.682. The number of hydrogen-bond donors (Lipinski definition) is 0. The van der Waals surface area contributed by atoms with Gasteiger partial charge in [-0.05, 0) is 51.8 Å². The lowest BCUT2D eigenvalue weighted by Gasteiger charge is -2.48. The highest BCUT2D eigenvalue weighted by Gasteiger charge is 2.39. The molecule has 1 aliphatic heterocycles. The molecule has 0 bridgehead atoms. The predicted molar refractivity (Wildman–Crippen MR) is 109 cm³/mol. The molecular weight excluding hydrogens is 397 g/mol. The van der Waals surface area contributed by atoms with Gasteiger partial charge in [-0.25, -0.2) is 4.79 Å². The molecule has 30 heavy (non-hydrogen) atoms. The maximum Gasteiger partial charge on any atom is 0.416 e. The highest BCUT2D eigenvalue weighted by Crippen LogP contribution is 2.34. The van der Waals surface area contributed by atoms with E-state index < -0.39 is 17.3 Å². The van der Waals surface area contributed by atoms with Crippen molar-refractivity contribution in [1.29, 1.82) is 0 Å². The van der Waals surface area contributed by atoms with E-state index in [0.29, 0.717) is 19.7 Å². The molecule has 1 unspecified atom stereocenters. The molecule has 5 nitrogen and oxygen atoms in total. The van der Waals surface area contributed by atoms with Crippen molar-refractivity contribution < 1.29 is 27.4 Å². The minimum atomic E-state index is -4.35. The largest absolute Gasteiger partial charge is 0.444 e. The normalized spacial score (nSPS) is 22.1. The van der Waals surface area contributed by atoms with Gasteiger partial charge in [0.1, 0.15) is 5.60 Å². The van der Waals surface area contributed by atoms with Gasteiger partial charge in [0.25, 0.3) is 0 Å². The minimum Gasteiger partial charge on any atom is -0.444 e. The first kappa shape index (κ1) is 24.5. The fourth-order valence-corrected chi connectivity index (χ4v) is 3.92. The van der Waals surface area contributed by atoms with Gasteiger partial charge in [0, 0.05) is 32.3 Å². The van der Waals surface area contributed by atoms with Crippen LogP contribution < -0.4 is 0 Å². The molecule has 1 saturated heterocycles. The lowest BCUT2D eigenvalue weighted by atomic mass is 9.96. The van der Waals surface area contributed by atoms with Crippen LogP contribution in [0.25, 0.3) is 0 Å². The maximum absolute atomic E-state index is 12.9. The van der Waals surface area contributed by atoms with Crippen LogP contribution in [0.15, 0.2) is 24.3 Å². The summed E-state index contributed by atoms with van der Waals surface area (Å²) in [5.41, 5.74) is -0.418. The lowest BCUT2D eigenvalue weighted by molar-refractivity contribution is -0.137. The van der Waals surface area contributed by atoms with Gasteiger partial charge in [-0.2, -0.15) is 13.2 Å². The Kier molecular flexibility index (Phi) is 7.80. The Hall–Kier alpha value is -1.80. The topological polar surface area (TPSA) is 42.0 Å². The molecule has 8 heteroatoms. The molecule has 1 amide bonds. The summed E-state index contributed by atoms with van der Waals surface area (Å²) in [6.45, 7) is 10.9. The standard InChI is InChI=1S/C22H33F3N2O3/c1-7-19(16-8-10-17(11-9-16)22(23,24)25)27-12-15(2)26(13-18(27)14-29-6)20(28)30-21(3,4)5/h8-11,15,18-19H,7,12-14H2,1-6H3/t15-,18-,19?/m0/s1. The number of hydrogen-bond acceptors (Lipinski definition) is 4. The highest BCUT2D eigenvalue weighted by molar-refractivity contribution is 5.68. The summed E-state index contributed by atoms with van der Waals surface area (Å²) in [5, 5.41) is 0. The van der Waals surface area contributed by atoms with Crippen molar-refractivity contribution in [2.45, 2.75) is 70.9 Å². The van der Waals surface area contributed by atoms with Crippen molar-refractivity contribution in [3.63, 3.8) is 0 Å². The molecule has 1 aromatic rings. The number of carbonyl (C=O) groups excluding carboxylic acids is 1. The van der Waals surface area contributed by atoms with E-state index in [-0.39, 0.29) is 24.2 Å². The Bertz CT molecular complexity index is 701. The van der Waals surface area contributed by atoms with Crippen LogP contribution in [-0.2, 0) is 15.7 Å². The zero-order valence-electron chi connectivity index (χ0n) is 18.6. The first-order valence-electron chi connectivity index (χ1n) is 10.3. The van der Waals surface area contributed by atoms with E-state index in [0.717, 1.165) is 24.1 Å². The smallest absolute Gasteiger partial charge is 0.416 e. The number of nitrogens with zero attached hydrogens (tertiary/aromatic N) is 2. The average Bonchev–Trinajstić information content (AvgIpc) is 2.62. The van der Waals surface area contributed by atoms with Crippen LogP contribution >= 0.6 is 0 Å². The molecular formula is C22H33F3N2O3.